The number of amides is 1. The van der Waals surface area contributed by atoms with E-state index in [0.717, 1.165) is 12.8 Å². The predicted molar refractivity (Wildman–Crippen MR) is 50.7 cm³/mol. The van der Waals surface area contributed by atoms with Gasteiger partial charge in [0.2, 0.25) is 5.91 Å². The van der Waals surface area contributed by atoms with Crippen molar-refractivity contribution in [3.05, 3.63) is 12.7 Å². The number of primary amides is 1. The first kappa shape index (κ1) is 11.2. The van der Waals surface area contributed by atoms with E-state index < -0.39 is 0 Å². The van der Waals surface area contributed by atoms with Crippen LogP contribution in [0, 0.1) is 0 Å². The van der Waals surface area contributed by atoms with E-state index in [2.05, 4.69) is 11.9 Å². The highest BCUT2D eigenvalue weighted by atomic mass is 16.1. The van der Waals surface area contributed by atoms with Gasteiger partial charge in [0.05, 0.1) is 6.04 Å². The van der Waals surface area contributed by atoms with E-state index in [0.29, 0.717) is 6.04 Å². The van der Waals surface area contributed by atoms with Crippen molar-refractivity contribution in [2.45, 2.75) is 38.8 Å². The van der Waals surface area contributed by atoms with E-state index in [1.165, 1.54) is 0 Å². The highest BCUT2D eigenvalue weighted by molar-refractivity contribution is 5.79. The summed E-state index contributed by atoms with van der Waals surface area (Å²) in [6.07, 6.45) is 3.81. The van der Waals surface area contributed by atoms with Gasteiger partial charge in [0.25, 0.3) is 0 Å². The molecule has 70 valence electrons. The summed E-state index contributed by atoms with van der Waals surface area (Å²) in [7, 11) is 0. The molecule has 3 heteroatoms. The van der Waals surface area contributed by atoms with E-state index in [9.17, 15) is 4.79 Å². The lowest BCUT2D eigenvalue weighted by molar-refractivity contribution is -0.119. The standard InChI is InChI=1S/C9H18N2O/c1-4-5-6-7(2)11-8(3)9(10)12/h4,7-8,11H,1,5-6H2,2-3H3,(H2,10,12). The van der Waals surface area contributed by atoms with Gasteiger partial charge in [-0.3, -0.25) is 4.79 Å². The molecule has 0 rings (SSSR count). The van der Waals surface area contributed by atoms with Gasteiger partial charge in [-0.25, -0.2) is 0 Å². The lowest BCUT2D eigenvalue weighted by Gasteiger charge is -2.16. The van der Waals surface area contributed by atoms with Crippen molar-refractivity contribution < 1.29 is 4.79 Å². The molecule has 3 N–H and O–H groups in total. The van der Waals surface area contributed by atoms with Crippen LogP contribution in [-0.4, -0.2) is 18.0 Å². The molecule has 0 aromatic heterocycles. The van der Waals surface area contributed by atoms with Crippen LogP contribution in [0.25, 0.3) is 0 Å². The average Bonchev–Trinajstić information content (AvgIpc) is 2.00. The van der Waals surface area contributed by atoms with Crippen LogP contribution in [0.2, 0.25) is 0 Å². The number of nitrogens with two attached hydrogens (primary N) is 1. The van der Waals surface area contributed by atoms with E-state index in [1.807, 2.05) is 13.0 Å². The summed E-state index contributed by atoms with van der Waals surface area (Å²) in [6.45, 7) is 7.43. The van der Waals surface area contributed by atoms with E-state index in [1.54, 1.807) is 6.92 Å². The van der Waals surface area contributed by atoms with Crippen molar-refractivity contribution in [1.82, 2.24) is 5.32 Å². The minimum Gasteiger partial charge on any atom is -0.368 e. The quantitative estimate of drug-likeness (QED) is 0.579. The summed E-state index contributed by atoms with van der Waals surface area (Å²) in [5, 5.41) is 3.09. The first-order valence-electron chi connectivity index (χ1n) is 4.24. The zero-order valence-corrected chi connectivity index (χ0v) is 7.84. The second-order valence-corrected chi connectivity index (χ2v) is 3.06. The Balaban J connectivity index is 3.60. The Kier molecular flexibility index (Phi) is 5.37. The second kappa shape index (κ2) is 5.77. The summed E-state index contributed by atoms with van der Waals surface area (Å²) in [6, 6.07) is 0.0651. The lowest BCUT2D eigenvalue weighted by Crippen LogP contribution is -2.43. The third kappa shape index (κ3) is 4.91. The number of allylic oxidation sites excluding steroid dienone is 1. The SMILES string of the molecule is C=CCCC(C)NC(C)C(N)=O. The van der Waals surface area contributed by atoms with Gasteiger partial charge < -0.3 is 11.1 Å². The average molecular weight is 170 g/mol. The topological polar surface area (TPSA) is 55.1 Å². The van der Waals surface area contributed by atoms with Gasteiger partial charge in [-0.05, 0) is 26.7 Å². The first-order chi connectivity index (χ1) is 5.57. The molecule has 1 amide bonds. The normalized spacial score (nSPS) is 15.2. The van der Waals surface area contributed by atoms with Gasteiger partial charge in [-0.15, -0.1) is 6.58 Å². The minimum atomic E-state index is -0.305. The van der Waals surface area contributed by atoms with Gasteiger partial charge in [-0.1, -0.05) is 6.08 Å². The maximum atomic E-state index is 10.6. The van der Waals surface area contributed by atoms with Crippen molar-refractivity contribution in [3.8, 4) is 0 Å². The number of carbonyl (C=O) groups excluding carboxylic acids is 1. The van der Waals surface area contributed by atoms with Crippen molar-refractivity contribution >= 4 is 5.91 Å². The molecule has 0 bridgehead atoms. The van der Waals surface area contributed by atoms with Crippen molar-refractivity contribution in [1.29, 1.82) is 0 Å². The van der Waals surface area contributed by atoms with Crippen molar-refractivity contribution in [3.63, 3.8) is 0 Å². The highest BCUT2D eigenvalue weighted by Gasteiger charge is 2.10. The molecular weight excluding hydrogens is 152 g/mol. The number of hydrogen-bond acceptors (Lipinski definition) is 2. The minimum absolute atomic E-state index is 0.246. The highest BCUT2D eigenvalue weighted by Crippen LogP contribution is 1.97. The fraction of sp³-hybridized carbons (Fsp3) is 0.667. The van der Waals surface area contributed by atoms with E-state index in [4.69, 9.17) is 5.73 Å². The molecule has 0 aliphatic carbocycles. The third-order valence-electron chi connectivity index (χ3n) is 1.77. The molecule has 2 atom stereocenters. The van der Waals surface area contributed by atoms with Crippen LogP contribution >= 0.6 is 0 Å². The molecule has 3 nitrogen and oxygen atoms in total. The molecule has 2 unspecified atom stereocenters. The molecule has 0 aliphatic rings. The molecule has 0 fully saturated rings. The molecule has 0 aromatic rings. The maximum Gasteiger partial charge on any atom is 0.234 e. The number of nitrogens with one attached hydrogen (secondary N) is 1. The smallest absolute Gasteiger partial charge is 0.234 e. The summed E-state index contributed by atoms with van der Waals surface area (Å²) in [5.41, 5.74) is 5.09. The molecule has 0 aliphatic heterocycles. The van der Waals surface area contributed by atoms with Crippen molar-refractivity contribution in [2.24, 2.45) is 5.73 Å². The van der Waals surface area contributed by atoms with Crippen LogP contribution < -0.4 is 11.1 Å². The number of hydrogen-bond donors (Lipinski definition) is 2. The summed E-state index contributed by atoms with van der Waals surface area (Å²) < 4.78 is 0. The molecule has 12 heavy (non-hydrogen) atoms. The number of carbonyl (C=O) groups is 1. The zero-order valence-electron chi connectivity index (χ0n) is 7.84. The van der Waals surface area contributed by atoms with Crippen LogP contribution in [0.3, 0.4) is 0 Å². The molecule has 0 saturated carbocycles. The Bertz CT molecular complexity index is 157. The largest absolute Gasteiger partial charge is 0.368 e. The molecular formula is C9H18N2O. The molecule has 0 aromatic carbocycles. The Morgan fingerprint density at radius 1 is 1.67 bits per heavy atom. The fourth-order valence-corrected chi connectivity index (χ4v) is 0.960. The van der Waals surface area contributed by atoms with Crippen molar-refractivity contribution in [2.75, 3.05) is 0 Å². The van der Waals surface area contributed by atoms with Gasteiger partial charge in [0, 0.05) is 6.04 Å². The van der Waals surface area contributed by atoms with Gasteiger partial charge in [0.1, 0.15) is 0 Å². The monoisotopic (exact) mass is 170 g/mol. The number of rotatable bonds is 6. The second-order valence-electron chi connectivity index (χ2n) is 3.06. The Hall–Kier alpha value is -0.830. The Morgan fingerprint density at radius 3 is 2.67 bits per heavy atom. The Labute approximate surface area is 74.0 Å². The fourth-order valence-electron chi connectivity index (χ4n) is 0.960. The molecule has 0 heterocycles. The predicted octanol–water partition coefficient (Wildman–Crippen LogP) is 0.805. The van der Waals surface area contributed by atoms with E-state index in [-0.39, 0.29) is 11.9 Å². The van der Waals surface area contributed by atoms with Crippen LogP contribution in [0.15, 0.2) is 12.7 Å². The zero-order chi connectivity index (χ0) is 9.56. The van der Waals surface area contributed by atoms with Crippen LogP contribution in [0.1, 0.15) is 26.7 Å². The first-order valence-corrected chi connectivity index (χ1v) is 4.24. The van der Waals surface area contributed by atoms with Crippen LogP contribution in [0.5, 0.6) is 0 Å². The summed E-state index contributed by atoms with van der Waals surface area (Å²) in [5.74, 6) is -0.305. The Morgan fingerprint density at radius 2 is 2.25 bits per heavy atom. The van der Waals surface area contributed by atoms with Crippen LogP contribution in [0.4, 0.5) is 0 Å². The van der Waals surface area contributed by atoms with Gasteiger partial charge in [-0.2, -0.15) is 0 Å². The third-order valence-corrected chi connectivity index (χ3v) is 1.77. The summed E-state index contributed by atoms with van der Waals surface area (Å²) >= 11 is 0. The maximum absolute atomic E-state index is 10.6. The molecule has 0 spiro atoms. The van der Waals surface area contributed by atoms with Gasteiger partial charge in [0.15, 0.2) is 0 Å². The van der Waals surface area contributed by atoms with E-state index >= 15 is 0 Å². The molecule has 0 radical (unpaired) electrons. The van der Waals surface area contributed by atoms with Gasteiger partial charge >= 0.3 is 0 Å². The lowest BCUT2D eigenvalue weighted by atomic mass is 10.1. The van der Waals surface area contributed by atoms with Crippen LogP contribution in [-0.2, 0) is 4.79 Å². The molecule has 0 saturated heterocycles. The summed E-state index contributed by atoms with van der Waals surface area (Å²) in [4.78, 5) is 10.6.